The number of hydrogen-bond donors (Lipinski definition) is 5. The normalized spacial score (nSPS) is 8.38. The van der Waals surface area contributed by atoms with Gasteiger partial charge < -0.3 is 8.98 Å². The van der Waals surface area contributed by atoms with Crippen molar-refractivity contribution >= 4 is 34.8 Å². The zero-order chi connectivity index (χ0) is 68.2. The Morgan fingerprint density at radius 3 is 1.07 bits per heavy atom. The molecule has 1 aliphatic heterocycles. The van der Waals surface area contributed by atoms with Crippen LogP contribution >= 0.6 is 22.9 Å². The first-order valence-electron chi connectivity index (χ1n) is 29.3. The first-order chi connectivity index (χ1) is 41.6. The number of hydrogen-bond acceptors (Lipinski definition) is 20. The zero-order valence-corrected chi connectivity index (χ0v) is 60.3. The molecular weight excluding hydrogens is 1120 g/mol. The van der Waals surface area contributed by atoms with Crippen LogP contribution < -0.4 is 0 Å². The molecule has 10 aromatic rings. The van der Waals surface area contributed by atoms with E-state index in [2.05, 4.69) is 111 Å². The summed E-state index contributed by atoms with van der Waals surface area (Å²) in [6.45, 7) is 57.1. The maximum atomic E-state index is 4.86. The van der Waals surface area contributed by atoms with E-state index in [-0.39, 0.29) is 0 Å². The molecule has 0 aromatic carbocycles. The summed E-state index contributed by atoms with van der Waals surface area (Å²) in [7, 11) is 3.76. The second-order valence-electron chi connectivity index (χ2n) is 13.3. The maximum absolute atomic E-state index is 4.86. The van der Waals surface area contributed by atoms with Gasteiger partial charge >= 0.3 is 0 Å². The highest BCUT2D eigenvalue weighted by molar-refractivity contribution is 7.11. The van der Waals surface area contributed by atoms with Crippen LogP contribution in [0.3, 0.4) is 0 Å². The van der Waals surface area contributed by atoms with E-state index in [0.29, 0.717) is 11.8 Å². The molecule has 86 heavy (non-hydrogen) atoms. The fourth-order valence-corrected chi connectivity index (χ4v) is 4.52. The van der Waals surface area contributed by atoms with Crippen molar-refractivity contribution in [2.75, 3.05) is 0 Å². The van der Waals surface area contributed by atoms with E-state index in [9.17, 15) is 0 Å². The standard InChI is InChI=1S/C4H6N2O.C4H6N2S.5C4H6N2.C4H5NS.3C3H5N3.9C2H6/c2*1-3-5-6-4(2)7-3;1-4-2-5-6-3-4;1-6-4-2-3-5-6;4*1-4-2-3-5-6-4;1-6-2-4-5-3-6;2*1-3-4-2-5-6-3;9*1-2/h2*1-2H3;2-3H,1H3,(H,5,6);2-4H,1H3;3H,2H2,1H3;2*2-3H,1H3,(H,5,6);2*2-3H,1H3;2*2H,1H3,(H,4,5,6);9*1-2H3. The Kier molecular flexibility index (Phi) is 94.1. The van der Waals surface area contributed by atoms with Crippen molar-refractivity contribution in [3.05, 3.63) is 148 Å². The predicted octanol–water partition coefficient (Wildman–Crippen LogP) is 16.0. The molecule has 0 saturated heterocycles. The average molecular weight is 1240 g/mol. The minimum atomic E-state index is 0.623. The summed E-state index contributed by atoms with van der Waals surface area (Å²) >= 11 is 3.15. The molecular formula is C59H116N24OS2. The van der Waals surface area contributed by atoms with Gasteiger partial charge in [0.25, 0.3) is 0 Å². The molecule has 27 heteroatoms. The van der Waals surface area contributed by atoms with Crippen LogP contribution in [0.1, 0.15) is 193 Å². The van der Waals surface area contributed by atoms with Crippen molar-refractivity contribution in [2.24, 2.45) is 24.3 Å². The number of nitrogens with zero attached hydrogens (tertiary/aromatic N) is 19. The van der Waals surface area contributed by atoms with Gasteiger partial charge in [0.05, 0.1) is 6.20 Å². The highest BCUT2D eigenvalue weighted by Crippen LogP contribution is 2.04. The van der Waals surface area contributed by atoms with Crippen LogP contribution in [0.4, 0.5) is 0 Å². The van der Waals surface area contributed by atoms with Gasteiger partial charge in [-0.25, -0.2) is 14.3 Å². The van der Waals surface area contributed by atoms with Gasteiger partial charge in [0.15, 0.2) is 0 Å². The number of rotatable bonds is 0. The van der Waals surface area contributed by atoms with Crippen molar-refractivity contribution in [1.82, 2.24) is 110 Å². The van der Waals surface area contributed by atoms with Crippen LogP contribution in [-0.2, 0) is 14.1 Å². The van der Waals surface area contributed by atoms with E-state index in [1.807, 2.05) is 238 Å². The molecule has 1 aliphatic rings. The van der Waals surface area contributed by atoms with Crippen molar-refractivity contribution in [2.45, 2.75) is 207 Å². The van der Waals surface area contributed by atoms with Crippen LogP contribution in [0.2, 0.25) is 0 Å². The van der Waals surface area contributed by atoms with E-state index in [1.54, 1.807) is 84.3 Å². The van der Waals surface area contributed by atoms with Crippen molar-refractivity contribution in [3.8, 4) is 0 Å². The number of nitrogens with one attached hydrogen (secondary N) is 5. The predicted molar refractivity (Wildman–Crippen MR) is 365 cm³/mol. The number of aryl methyl sites for hydroxylation is 12. The molecule has 0 unspecified atom stereocenters. The van der Waals surface area contributed by atoms with Gasteiger partial charge in [0, 0.05) is 99.7 Å². The monoisotopic (exact) mass is 1240 g/mol. The molecule has 0 radical (unpaired) electrons. The molecule has 5 N–H and O–H groups in total. The Morgan fingerprint density at radius 1 is 0.512 bits per heavy atom. The molecule has 11 heterocycles. The third kappa shape index (κ3) is 80.2. The molecule has 0 fully saturated rings. The smallest absolute Gasteiger partial charge is 0.213 e. The highest BCUT2D eigenvalue weighted by Gasteiger charge is 1.91. The van der Waals surface area contributed by atoms with Gasteiger partial charge in [-0.3, -0.25) is 30.2 Å². The van der Waals surface area contributed by atoms with Gasteiger partial charge in [-0.15, -0.1) is 41.9 Å². The van der Waals surface area contributed by atoms with Crippen molar-refractivity contribution in [3.63, 3.8) is 0 Å². The van der Waals surface area contributed by atoms with Gasteiger partial charge in [-0.2, -0.15) is 40.8 Å². The molecule has 0 spiro atoms. The lowest BCUT2D eigenvalue weighted by atomic mass is 10.3. The highest BCUT2D eigenvalue weighted by atomic mass is 32.1. The quantitative estimate of drug-likeness (QED) is 0.0942. The summed E-state index contributed by atoms with van der Waals surface area (Å²) in [6.07, 6.45) is 21.5. The van der Waals surface area contributed by atoms with E-state index >= 15 is 0 Å². The fourth-order valence-electron chi connectivity index (χ4n) is 3.52. The van der Waals surface area contributed by atoms with Gasteiger partial charge in [0.1, 0.15) is 47.0 Å². The van der Waals surface area contributed by atoms with E-state index in [4.69, 9.17) is 4.42 Å². The Hall–Kier alpha value is -8.07. The summed E-state index contributed by atoms with van der Waals surface area (Å²) in [4.78, 5) is 8.77. The van der Waals surface area contributed by atoms with Crippen molar-refractivity contribution < 1.29 is 4.42 Å². The van der Waals surface area contributed by atoms with Crippen LogP contribution in [0.5, 0.6) is 0 Å². The molecule has 0 atom stereocenters. The second-order valence-corrected chi connectivity index (χ2v) is 15.8. The van der Waals surface area contributed by atoms with E-state index < -0.39 is 0 Å². The minimum absolute atomic E-state index is 0.623. The van der Waals surface area contributed by atoms with Crippen molar-refractivity contribution in [1.29, 1.82) is 0 Å². The third-order valence-electron chi connectivity index (χ3n) is 6.67. The van der Waals surface area contributed by atoms with E-state index in [1.165, 1.54) is 34.6 Å². The molecule has 0 amide bonds. The first kappa shape index (κ1) is 97.1. The van der Waals surface area contributed by atoms with Crippen LogP contribution in [0.25, 0.3) is 0 Å². The summed E-state index contributed by atoms with van der Waals surface area (Å²) < 4.78 is 12.3. The first-order valence-corrected chi connectivity index (χ1v) is 30.9. The average Bonchev–Trinajstić information content (AvgIpc) is 4.36. The molecule has 0 aliphatic carbocycles. The lowest BCUT2D eigenvalue weighted by Crippen LogP contribution is -1.83. The molecule has 490 valence electrons. The number of H-pyrrole nitrogens is 5. The zero-order valence-electron chi connectivity index (χ0n) is 58.7. The Bertz CT molecular complexity index is 2110. The summed E-state index contributed by atoms with van der Waals surface area (Å²) in [5.41, 5.74) is 4.50. The van der Waals surface area contributed by atoms with Gasteiger partial charge in [-0.1, -0.05) is 125 Å². The van der Waals surface area contributed by atoms with Crippen LogP contribution in [0, 0.1) is 69.2 Å². The lowest BCUT2D eigenvalue weighted by Gasteiger charge is -1.77. The maximum Gasteiger partial charge on any atom is 0.213 e. The number of aromatic amines is 5. The second kappa shape index (κ2) is 83.4. The van der Waals surface area contributed by atoms with Gasteiger partial charge in [0.2, 0.25) is 11.8 Å². The molecule has 10 aromatic heterocycles. The Labute approximate surface area is 526 Å². The SMILES string of the molecule is CC.CC.CC.CC.CC.CC.CC.CC.CC.CC1=NN=CC1.Cc1ccn[nH]1.Cc1ccn[nH]1.Cc1ccns1.Cc1cn[nH]c1.Cc1ncn[nH]1.Cc1ncn[nH]1.Cc1nnc(C)o1.Cc1nnc(C)s1.Cn1cccn1.Cn1cnnc1. The largest absolute Gasteiger partial charge is 0.426 e. The van der Waals surface area contributed by atoms with Crippen LogP contribution in [-0.4, -0.2) is 122 Å². The summed E-state index contributed by atoms with van der Waals surface area (Å²) in [5.74, 6) is 2.96. The lowest BCUT2D eigenvalue weighted by molar-refractivity contribution is 0.489. The summed E-state index contributed by atoms with van der Waals surface area (Å²) in [6, 6.07) is 7.71. The summed E-state index contributed by atoms with van der Waals surface area (Å²) in [5, 5.41) is 66.8. The third-order valence-corrected chi connectivity index (χ3v) is 8.08. The topological polar surface area (TPSA) is 320 Å². The number of aromatic nitrogens is 22. The molecule has 0 saturated carbocycles. The van der Waals surface area contributed by atoms with Crippen LogP contribution in [0.15, 0.2) is 108 Å². The fraction of sp³-hybridized carbons (Fsp3) is 0.542. The molecule has 0 bridgehead atoms. The minimum Gasteiger partial charge on any atom is -0.426 e. The molecule has 11 rings (SSSR count). The Morgan fingerprint density at radius 2 is 0.965 bits per heavy atom. The Balaban J connectivity index is -0.000000106. The van der Waals surface area contributed by atoms with Gasteiger partial charge in [-0.05, 0) is 104 Å². The van der Waals surface area contributed by atoms with E-state index in [0.717, 1.165) is 45.2 Å². The molecule has 25 nitrogen and oxygen atoms in total.